The minimum atomic E-state index is -0.168. The number of carbonyl (C=O) groups excluding carboxylic acids is 1. The summed E-state index contributed by atoms with van der Waals surface area (Å²) in [5.41, 5.74) is -0.110. The summed E-state index contributed by atoms with van der Waals surface area (Å²) >= 11 is 0. The lowest BCUT2D eigenvalue weighted by Gasteiger charge is -2.42. The number of carbonyl (C=O) groups is 1. The molecule has 0 heterocycles. The molecule has 2 unspecified atom stereocenters. The second-order valence-electron chi connectivity index (χ2n) is 6.36. The lowest BCUT2D eigenvalue weighted by molar-refractivity contribution is -0.138. The van der Waals surface area contributed by atoms with E-state index in [4.69, 9.17) is 0 Å². The molecule has 0 radical (unpaired) electrons. The van der Waals surface area contributed by atoms with Crippen LogP contribution in [0.1, 0.15) is 54.4 Å². The van der Waals surface area contributed by atoms with Crippen molar-refractivity contribution in [2.75, 3.05) is 0 Å². The van der Waals surface area contributed by atoms with Gasteiger partial charge < -0.3 is 0 Å². The highest BCUT2D eigenvalue weighted by atomic mass is 16.1. The second-order valence-corrected chi connectivity index (χ2v) is 6.36. The molecule has 0 aliphatic carbocycles. The van der Waals surface area contributed by atoms with Crippen LogP contribution in [0.5, 0.6) is 0 Å². The molecule has 0 aliphatic rings. The van der Waals surface area contributed by atoms with Crippen molar-refractivity contribution in [3.05, 3.63) is 0 Å². The van der Waals surface area contributed by atoms with E-state index >= 15 is 0 Å². The molecule has 2 heteroatoms. The highest BCUT2D eigenvalue weighted by Crippen LogP contribution is 2.45. The molecule has 1 nitrogen and oxygen atoms in total. The van der Waals surface area contributed by atoms with Gasteiger partial charge >= 0.3 is 0 Å². The molecule has 0 aliphatic heterocycles. The van der Waals surface area contributed by atoms with Crippen LogP contribution in [0.25, 0.3) is 0 Å². The maximum atomic E-state index is 12.5. The molecule has 0 fully saturated rings. The molecule has 0 amide bonds. The summed E-state index contributed by atoms with van der Waals surface area (Å²) in [4.78, 5) is 12.5. The molecule has 0 aromatic rings. The first-order chi connectivity index (χ1) is 7.20. The third-order valence-electron chi connectivity index (χ3n) is 4.29. The van der Waals surface area contributed by atoms with E-state index in [-0.39, 0.29) is 16.7 Å². The molecule has 16 heavy (non-hydrogen) atoms. The van der Waals surface area contributed by atoms with Gasteiger partial charge in [-0.2, -0.15) is 0 Å². The summed E-state index contributed by atoms with van der Waals surface area (Å²) in [5.74, 6) is 0.650. The fourth-order valence-electron chi connectivity index (χ4n) is 2.13. The van der Waals surface area contributed by atoms with Crippen molar-refractivity contribution in [1.29, 1.82) is 0 Å². The standard InChI is InChI=1S/C14H29BO/c1-8-11(2)12(16)14(6,9-10-15-7)13(3,4)5/h11,15H,8-10H2,1-7H3. The lowest BCUT2D eigenvalue weighted by Crippen LogP contribution is -2.43. The van der Waals surface area contributed by atoms with Crippen LogP contribution in [0.2, 0.25) is 13.1 Å². The summed E-state index contributed by atoms with van der Waals surface area (Å²) in [6.07, 6.45) is 3.13. The topological polar surface area (TPSA) is 17.1 Å². The maximum Gasteiger partial charge on any atom is 0.142 e. The summed E-state index contributed by atoms with van der Waals surface area (Å²) < 4.78 is 0. The van der Waals surface area contributed by atoms with Crippen molar-refractivity contribution in [3.63, 3.8) is 0 Å². The first-order valence-corrected chi connectivity index (χ1v) is 6.75. The quantitative estimate of drug-likeness (QED) is 0.624. The van der Waals surface area contributed by atoms with Gasteiger partial charge in [0.15, 0.2) is 0 Å². The zero-order valence-corrected chi connectivity index (χ0v) is 12.3. The van der Waals surface area contributed by atoms with E-state index in [0.29, 0.717) is 5.78 Å². The van der Waals surface area contributed by atoms with Gasteiger partial charge in [-0.25, -0.2) is 0 Å². The highest BCUT2D eigenvalue weighted by Gasteiger charge is 2.44. The average molecular weight is 224 g/mol. The highest BCUT2D eigenvalue weighted by molar-refractivity contribution is 6.33. The minimum Gasteiger partial charge on any atom is -0.299 e. The van der Waals surface area contributed by atoms with Crippen molar-refractivity contribution < 1.29 is 4.79 Å². The third kappa shape index (κ3) is 3.36. The molecule has 0 aromatic carbocycles. The zero-order chi connectivity index (χ0) is 13.0. The number of hydrogen-bond donors (Lipinski definition) is 0. The van der Waals surface area contributed by atoms with E-state index < -0.39 is 0 Å². The van der Waals surface area contributed by atoms with Crippen molar-refractivity contribution >= 4 is 13.1 Å². The average Bonchev–Trinajstić information content (AvgIpc) is 2.21. The van der Waals surface area contributed by atoms with Crippen molar-refractivity contribution in [2.24, 2.45) is 16.7 Å². The molecular weight excluding hydrogens is 195 g/mol. The fraction of sp³-hybridized carbons (Fsp3) is 0.929. The smallest absolute Gasteiger partial charge is 0.142 e. The van der Waals surface area contributed by atoms with E-state index in [1.165, 1.54) is 7.28 Å². The van der Waals surface area contributed by atoms with Crippen LogP contribution in [0.4, 0.5) is 0 Å². The third-order valence-corrected chi connectivity index (χ3v) is 4.29. The Morgan fingerprint density at radius 1 is 1.25 bits per heavy atom. The minimum absolute atomic E-state index is 0.0582. The van der Waals surface area contributed by atoms with Gasteiger partial charge in [-0.1, -0.05) is 54.7 Å². The molecule has 0 rings (SSSR count). The Kier molecular flexibility index (Phi) is 5.79. The predicted molar refractivity (Wildman–Crippen MR) is 74.5 cm³/mol. The molecule has 0 bridgehead atoms. The molecule has 94 valence electrons. The molecule has 0 N–H and O–H groups in total. The molecule has 0 saturated carbocycles. The molecule has 2 atom stereocenters. The Hall–Kier alpha value is -0.265. The van der Waals surface area contributed by atoms with Crippen LogP contribution < -0.4 is 0 Å². The summed E-state index contributed by atoms with van der Waals surface area (Å²) in [5, 5.41) is 0. The predicted octanol–water partition coefficient (Wildman–Crippen LogP) is 3.95. The first kappa shape index (κ1) is 15.7. The number of Topliss-reactive ketones (excluding diaryl/α,β-unsaturated/α-hetero) is 1. The van der Waals surface area contributed by atoms with Crippen molar-refractivity contribution in [2.45, 2.75) is 67.5 Å². The van der Waals surface area contributed by atoms with Crippen LogP contribution in [0.15, 0.2) is 0 Å². The molecule has 0 spiro atoms. The Bertz CT molecular complexity index is 229. The van der Waals surface area contributed by atoms with Gasteiger partial charge in [0.1, 0.15) is 13.1 Å². The normalized spacial score (nSPS) is 17.7. The molecule has 0 saturated heterocycles. The van der Waals surface area contributed by atoms with Crippen molar-refractivity contribution in [3.8, 4) is 0 Å². The monoisotopic (exact) mass is 224 g/mol. The molecular formula is C14H29BO. The van der Waals surface area contributed by atoms with Crippen LogP contribution >= 0.6 is 0 Å². The summed E-state index contributed by atoms with van der Waals surface area (Å²) in [6, 6.07) is 0. The Labute approximate surface area is 103 Å². The SMILES string of the molecule is CBCCC(C)(C(=O)C(C)CC)C(C)(C)C. The van der Waals surface area contributed by atoms with Gasteiger partial charge in [-0.15, -0.1) is 0 Å². The molecule has 0 aromatic heterocycles. The largest absolute Gasteiger partial charge is 0.299 e. The Morgan fingerprint density at radius 2 is 1.75 bits per heavy atom. The van der Waals surface area contributed by atoms with E-state index in [2.05, 4.69) is 48.4 Å². The van der Waals surface area contributed by atoms with E-state index in [1.807, 2.05) is 0 Å². The van der Waals surface area contributed by atoms with Crippen LogP contribution in [-0.2, 0) is 4.79 Å². The number of rotatable bonds is 6. The van der Waals surface area contributed by atoms with Gasteiger partial charge in [0.05, 0.1) is 0 Å². The van der Waals surface area contributed by atoms with E-state index in [0.717, 1.165) is 19.2 Å². The van der Waals surface area contributed by atoms with Gasteiger partial charge in [0, 0.05) is 11.3 Å². The summed E-state index contributed by atoms with van der Waals surface area (Å²) in [6.45, 7) is 15.1. The summed E-state index contributed by atoms with van der Waals surface area (Å²) in [7, 11) is 1.17. The van der Waals surface area contributed by atoms with Crippen LogP contribution in [-0.4, -0.2) is 13.1 Å². The van der Waals surface area contributed by atoms with E-state index in [9.17, 15) is 4.79 Å². The maximum absolute atomic E-state index is 12.5. The van der Waals surface area contributed by atoms with Crippen molar-refractivity contribution in [1.82, 2.24) is 0 Å². The lowest BCUT2D eigenvalue weighted by atomic mass is 9.57. The van der Waals surface area contributed by atoms with E-state index in [1.54, 1.807) is 0 Å². The number of ketones is 1. The Morgan fingerprint density at radius 3 is 2.06 bits per heavy atom. The van der Waals surface area contributed by atoms with Gasteiger partial charge in [0.2, 0.25) is 0 Å². The second kappa shape index (κ2) is 5.88. The van der Waals surface area contributed by atoms with Crippen LogP contribution in [0, 0.1) is 16.7 Å². The van der Waals surface area contributed by atoms with Crippen LogP contribution in [0.3, 0.4) is 0 Å². The van der Waals surface area contributed by atoms with Gasteiger partial charge in [-0.05, 0) is 18.3 Å². The Balaban J connectivity index is 5.00. The number of hydrogen-bond acceptors (Lipinski definition) is 1. The zero-order valence-electron chi connectivity index (χ0n) is 12.3. The fourth-order valence-corrected chi connectivity index (χ4v) is 2.13. The first-order valence-electron chi connectivity index (χ1n) is 6.75. The van der Waals surface area contributed by atoms with Gasteiger partial charge in [0.25, 0.3) is 0 Å². The van der Waals surface area contributed by atoms with Gasteiger partial charge in [-0.3, -0.25) is 4.79 Å².